The second-order valence-electron chi connectivity index (χ2n) is 20.3. The van der Waals surface area contributed by atoms with Crippen LogP contribution in [-0.4, -0.2) is 6.71 Å². The van der Waals surface area contributed by atoms with Gasteiger partial charge in [0.15, 0.2) is 0 Å². The fraction of sp³-hybridized carbons (Fsp3) is 0.283. The minimum absolute atomic E-state index is 0.0361. The number of nitrogens with zero attached hydrogens (tertiary/aromatic N) is 2. The molecule has 0 saturated heterocycles. The molecule has 5 heteroatoms. The molecule has 0 spiro atoms. The fourth-order valence-electron chi connectivity index (χ4n) is 9.58. The molecular weight excluding hydrogens is 707 g/mol. The van der Waals surface area contributed by atoms with E-state index in [1.165, 1.54) is 50.1 Å². The van der Waals surface area contributed by atoms with Crippen LogP contribution in [0, 0.1) is 0 Å². The lowest BCUT2D eigenvalue weighted by molar-refractivity contribution is 0.418. The molecular formula is C53H53BN2O2. The number of benzene rings is 6. The van der Waals surface area contributed by atoms with Crippen LogP contribution < -0.4 is 31.1 Å². The smallest absolute Gasteiger partial charge is 0.297 e. The van der Waals surface area contributed by atoms with Crippen LogP contribution in [-0.2, 0) is 21.7 Å². The molecule has 1 aromatic heterocycles. The standard InChI is InChI=1S/C53H53BN2O2/c1-50(2,3)32-19-23-35(24-20-32)55-41-26-21-34(52(7,8)9)30-40(41)54-47-42(55)16-14-17-43(47)56(48-37-29-33(51(4,5)6)22-27-44(37)58-49(48)54)36-25-28-46-39(31-36)53(10,11)38-15-12-13-18-45(38)57-46/h12-31H,1-11H3. The third-order valence-corrected chi connectivity index (χ3v) is 13.0. The SMILES string of the molecule is CC(C)(C)c1ccc(N2c3ccc(C(C)(C)C)cc3B3c4oc5ccc(C(C)(C)C)cc5c4N(c4ccc5c(c4)C(C)(C)c4ccccc4O5)c4cccc2c43)cc1. The van der Waals surface area contributed by atoms with E-state index in [4.69, 9.17) is 9.15 Å². The summed E-state index contributed by atoms with van der Waals surface area (Å²) in [4.78, 5) is 4.97. The normalized spacial score (nSPS) is 15.3. The van der Waals surface area contributed by atoms with Gasteiger partial charge in [-0.1, -0.05) is 131 Å². The van der Waals surface area contributed by atoms with E-state index < -0.39 is 0 Å². The van der Waals surface area contributed by atoms with Crippen LogP contribution in [0.5, 0.6) is 11.5 Å². The first-order chi connectivity index (χ1) is 27.4. The molecule has 0 unspecified atom stereocenters. The highest BCUT2D eigenvalue weighted by molar-refractivity contribution is 7.00. The molecule has 7 aromatic rings. The topological polar surface area (TPSA) is 28.9 Å². The summed E-state index contributed by atoms with van der Waals surface area (Å²) < 4.78 is 13.8. The van der Waals surface area contributed by atoms with Gasteiger partial charge in [0, 0.05) is 50.4 Å². The number of hydrogen-bond acceptors (Lipinski definition) is 4. The number of fused-ring (bicyclic) bond motifs is 8. The minimum atomic E-state index is -0.270. The number of furan rings is 1. The highest BCUT2D eigenvalue weighted by Gasteiger charge is 2.47. The maximum Gasteiger partial charge on any atom is 0.297 e. The molecule has 4 heterocycles. The Kier molecular flexibility index (Phi) is 7.69. The number of rotatable bonds is 2. The van der Waals surface area contributed by atoms with Gasteiger partial charge < -0.3 is 19.0 Å². The predicted molar refractivity (Wildman–Crippen MR) is 245 cm³/mol. The monoisotopic (exact) mass is 760 g/mol. The summed E-state index contributed by atoms with van der Waals surface area (Å²) in [6.45, 7) is 25.1. The third kappa shape index (κ3) is 5.42. The van der Waals surface area contributed by atoms with E-state index in [-0.39, 0.29) is 28.4 Å². The van der Waals surface area contributed by atoms with E-state index >= 15 is 0 Å². The number of anilines is 6. The summed E-state index contributed by atoms with van der Waals surface area (Å²) in [6, 6.07) is 45.2. The molecule has 0 fully saturated rings. The zero-order valence-corrected chi connectivity index (χ0v) is 35.8. The first-order valence-electron chi connectivity index (χ1n) is 20.9. The number of ether oxygens (including phenoxy) is 1. The van der Waals surface area contributed by atoms with Gasteiger partial charge in [0.2, 0.25) is 0 Å². The average Bonchev–Trinajstić information content (AvgIpc) is 3.55. The van der Waals surface area contributed by atoms with Crippen molar-refractivity contribution in [3.05, 3.63) is 149 Å². The molecule has 4 nitrogen and oxygen atoms in total. The van der Waals surface area contributed by atoms with Crippen molar-refractivity contribution in [2.24, 2.45) is 0 Å². The van der Waals surface area contributed by atoms with Crippen LogP contribution in [0.4, 0.5) is 34.1 Å². The molecule has 0 N–H and O–H groups in total. The first-order valence-corrected chi connectivity index (χ1v) is 20.9. The summed E-state index contributed by atoms with van der Waals surface area (Å²) in [5.41, 5.74) is 17.2. The Balaban J connectivity index is 1.27. The van der Waals surface area contributed by atoms with E-state index in [9.17, 15) is 0 Å². The summed E-state index contributed by atoms with van der Waals surface area (Å²) >= 11 is 0. The van der Waals surface area contributed by atoms with Crippen molar-refractivity contribution in [2.75, 3.05) is 9.80 Å². The van der Waals surface area contributed by atoms with E-state index in [0.717, 1.165) is 50.9 Å². The fourth-order valence-corrected chi connectivity index (χ4v) is 9.58. The van der Waals surface area contributed by atoms with E-state index in [2.05, 4.69) is 207 Å². The predicted octanol–water partition coefficient (Wildman–Crippen LogP) is 12.8. The van der Waals surface area contributed by atoms with Crippen LogP contribution in [0.15, 0.2) is 126 Å². The lowest BCUT2D eigenvalue weighted by atomic mass is 9.35. The zero-order valence-electron chi connectivity index (χ0n) is 35.8. The van der Waals surface area contributed by atoms with Gasteiger partial charge in [0.1, 0.15) is 17.1 Å². The Hall–Kier alpha value is -5.68. The highest BCUT2D eigenvalue weighted by atomic mass is 16.5. The molecule has 0 bridgehead atoms. The Labute approximate surface area is 344 Å². The summed E-state index contributed by atoms with van der Waals surface area (Å²) in [6.07, 6.45) is 0. The molecule has 0 saturated carbocycles. The van der Waals surface area contributed by atoms with Crippen molar-refractivity contribution in [2.45, 2.75) is 97.8 Å². The molecule has 10 rings (SSSR count). The molecule has 0 radical (unpaired) electrons. The van der Waals surface area contributed by atoms with Gasteiger partial charge in [-0.15, -0.1) is 0 Å². The summed E-state index contributed by atoms with van der Waals surface area (Å²) in [5.74, 6) is 1.82. The minimum Gasteiger partial charge on any atom is -0.468 e. The summed E-state index contributed by atoms with van der Waals surface area (Å²) in [7, 11) is 0. The molecule has 3 aliphatic heterocycles. The van der Waals surface area contributed by atoms with E-state index in [1.807, 2.05) is 0 Å². The molecule has 0 atom stereocenters. The first kappa shape index (κ1) is 36.7. The van der Waals surface area contributed by atoms with E-state index in [1.54, 1.807) is 0 Å². The second-order valence-corrected chi connectivity index (χ2v) is 20.3. The Bertz CT molecular complexity index is 2810. The zero-order chi connectivity index (χ0) is 40.7. The highest BCUT2D eigenvalue weighted by Crippen LogP contribution is 2.52. The number of hydrogen-bond donors (Lipinski definition) is 0. The quantitative estimate of drug-likeness (QED) is 0.164. The molecule has 0 amide bonds. The molecule has 0 aliphatic carbocycles. The maximum atomic E-state index is 7.25. The van der Waals surface area contributed by atoms with Crippen molar-refractivity contribution in [3.63, 3.8) is 0 Å². The second kappa shape index (κ2) is 12.2. The largest absolute Gasteiger partial charge is 0.468 e. The maximum absolute atomic E-state index is 7.25. The average molecular weight is 761 g/mol. The molecule has 58 heavy (non-hydrogen) atoms. The summed E-state index contributed by atoms with van der Waals surface area (Å²) in [5, 5.41) is 1.13. The van der Waals surface area contributed by atoms with Crippen LogP contribution in [0.1, 0.15) is 104 Å². The molecule has 3 aliphatic rings. The van der Waals surface area contributed by atoms with Gasteiger partial charge in [-0.25, -0.2) is 0 Å². The Morgan fingerprint density at radius 2 is 1.12 bits per heavy atom. The Morgan fingerprint density at radius 3 is 1.83 bits per heavy atom. The third-order valence-electron chi connectivity index (χ3n) is 13.0. The van der Waals surface area contributed by atoms with Crippen LogP contribution in [0.3, 0.4) is 0 Å². The van der Waals surface area contributed by atoms with Gasteiger partial charge in [-0.05, 0) is 111 Å². The van der Waals surface area contributed by atoms with Crippen molar-refractivity contribution >= 4 is 68.4 Å². The number of para-hydroxylation sites is 1. The lowest BCUT2D eigenvalue weighted by Crippen LogP contribution is -2.61. The van der Waals surface area contributed by atoms with Gasteiger partial charge in [-0.3, -0.25) is 0 Å². The van der Waals surface area contributed by atoms with Crippen LogP contribution in [0.2, 0.25) is 0 Å². The Morgan fingerprint density at radius 1 is 0.517 bits per heavy atom. The van der Waals surface area contributed by atoms with Crippen LogP contribution in [0.25, 0.3) is 11.0 Å². The van der Waals surface area contributed by atoms with Gasteiger partial charge >= 0.3 is 0 Å². The molecule has 290 valence electrons. The lowest BCUT2D eigenvalue weighted by Gasteiger charge is -2.43. The van der Waals surface area contributed by atoms with Crippen molar-refractivity contribution in [1.29, 1.82) is 0 Å². The van der Waals surface area contributed by atoms with Crippen molar-refractivity contribution in [1.82, 2.24) is 0 Å². The van der Waals surface area contributed by atoms with Gasteiger partial charge in [0.05, 0.1) is 11.3 Å². The van der Waals surface area contributed by atoms with Crippen molar-refractivity contribution in [3.8, 4) is 11.5 Å². The van der Waals surface area contributed by atoms with Crippen LogP contribution >= 0.6 is 0 Å². The van der Waals surface area contributed by atoms with Crippen molar-refractivity contribution < 1.29 is 9.15 Å². The molecule has 6 aromatic carbocycles. The van der Waals surface area contributed by atoms with Gasteiger partial charge in [-0.2, -0.15) is 0 Å². The van der Waals surface area contributed by atoms with E-state index in [0.29, 0.717) is 0 Å². The van der Waals surface area contributed by atoms with Gasteiger partial charge in [0.25, 0.3) is 6.71 Å².